The predicted octanol–water partition coefficient (Wildman–Crippen LogP) is 2.23. The molecule has 0 amide bonds. The first-order valence-corrected chi connectivity index (χ1v) is 10.3. The molecule has 0 atom stereocenters. The molecule has 1 saturated carbocycles. The number of nitrogens with two attached hydrogens (primary N) is 1. The largest absolute Gasteiger partial charge is 0.339 e. The number of sulfonamides is 1. The lowest BCUT2D eigenvalue weighted by molar-refractivity contribution is 0.229. The molecule has 1 heterocycles. The summed E-state index contributed by atoms with van der Waals surface area (Å²) in [6.07, 6.45) is 3.09. The molecule has 1 aromatic heterocycles. The van der Waals surface area contributed by atoms with Gasteiger partial charge in [-0.25, -0.2) is 13.1 Å². The summed E-state index contributed by atoms with van der Waals surface area (Å²) >= 11 is 0. The van der Waals surface area contributed by atoms with Crippen LogP contribution in [0.5, 0.6) is 0 Å². The predicted molar refractivity (Wildman–Crippen MR) is 98.0 cm³/mol. The van der Waals surface area contributed by atoms with Crippen molar-refractivity contribution in [1.29, 1.82) is 0 Å². The van der Waals surface area contributed by atoms with E-state index in [1.807, 2.05) is 12.1 Å². The third-order valence-corrected chi connectivity index (χ3v) is 6.30. The zero-order chi connectivity index (χ0) is 19.0. The Morgan fingerprint density at radius 3 is 2.42 bits per heavy atom. The zero-order valence-electron chi connectivity index (χ0n) is 15.4. The lowest BCUT2D eigenvalue weighted by Gasteiger charge is -2.34. The van der Waals surface area contributed by atoms with Gasteiger partial charge in [-0.3, -0.25) is 0 Å². The third kappa shape index (κ3) is 3.97. The van der Waals surface area contributed by atoms with E-state index in [9.17, 15) is 8.42 Å². The van der Waals surface area contributed by atoms with Gasteiger partial charge in [-0.15, -0.1) is 0 Å². The van der Waals surface area contributed by atoms with Crippen LogP contribution in [0.1, 0.15) is 57.3 Å². The molecule has 3 rings (SSSR count). The molecule has 1 fully saturated rings. The van der Waals surface area contributed by atoms with E-state index in [1.165, 1.54) is 0 Å². The van der Waals surface area contributed by atoms with E-state index >= 15 is 0 Å². The highest BCUT2D eigenvalue weighted by molar-refractivity contribution is 7.89. The van der Waals surface area contributed by atoms with Gasteiger partial charge in [0.25, 0.3) is 0 Å². The molecule has 1 aliphatic rings. The Kier molecular flexibility index (Phi) is 4.94. The summed E-state index contributed by atoms with van der Waals surface area (Å²) in [6.45, 7) is 6.44. The number of hydrogen-bond acceptors (Lipinski definition) is 6. The molecule has 0 unspecified atom stereocenters. The van der Waals surface area contributed by atoms with Crippen LogP contribution in [0.2, 0.25) is 0 Å². The maximum absolute atomic E-state index is 12.4. The number of rotatable bonds is 6. The van der Waals surface area contributed by atoms with Crippen molar-refractivity contribution in [3.05, 3.63) is 41.5 Å². The first-order valence-electron chi connectivity index (χ1n) is 8.82. The molecule has 3 N–H and O–H groups in total. The van der Waals surface area contributed by atoms with Crippen molar-refractivity contribution in [2.45, 2.75) is 62.3 Å². The van der Waals surface area contributed by atoms with E-state index in [0.717, 1.165) is 24.8 Å². The van der Waals surface area contributed by atoms with Crippen molar-refractivity contribution in [1.82, 2.24) is 14.9 Å². The third-order valence-electron chi connectivity index (χ3n) is 4.82. The highest BCUT2D eigenvalue weighted by atomic mass is 32.2. The van der Waals surface area contributed by atoms with E-state index in [1.54, 1.807) is 12.1 Å². The minimum absolute atomic E-state index is 0.0217. The van der Waals surface area contributed by atoms with Crippen LogP contribution in [0, 0.1) is 0 Å². The van der Waals surface area contributed by atoms with Gasteiger partial charge in [0.05, 0.1) is 10.4 Å². The normalized spacial score (nSPS) is 17.1. The number of nitrogens with zero attached hydrogens (tertiary/aromatic N) is 2. The van der Waals surface area contributed by atoms with Gasteiger partial charge in [-0.1, -0.05) is 38.1 Å². The molecule has 0 spiro atoms. The Bertz CT molecular complexity index is 863. The fraction of sp³-hybridized carbons (Fsp3) is 0.556. The summed E-state index contributed by atoms with van der Waals surface area (Å²) in [4.78, 5) is 4.54. The Morgan fingerprint density at radius 1 is 1.23 bits per heavy atom. The molecule has 0 bridgehead atoms. The van der Waals surface area contributed by atoms with Gasteiger partial charge in [0.2, 0.25) is 15.9 Å². The molecule has 1 aromatic carbocycles. The van der Waals surface area contributed by atoms with Crippen molar-refractivity contribution in [3.8, 4) is 0 Å². The van der Waals surface area contributed by atoms with Gasteiger partial charge in [-0.05, 0) is 42.4 Å². The van der Waals surface area contributed by atoms with Crippen LogP contribution >= 0.6 is 0 Å². The Labute approximate surface area is 154 Å². The maximum Gasteiger partial charge on any atom is 0.240 e. The number of benzene rings is 1. The van der Waals surface area contributed by atoms with Crippen LogP contribution in [0.15, 0.2) is 33.7 Å². The zero-order valence-corrected chi connectivity index (χ0v) is 16.3. The SMILES string of the molecule is CC(C)(C)c1ccc(S(=O)(=O)NCCc2nc(C3(N)CCC3)no2)cc1. The highest BCUT2D eigenvalue weighted by Crippen LogP contribution is 2.36. The van der Waals surface area contributed by atoms with Gasteiger partial charge in [0, 0.05) is 13.0 Å². The summed E-state index contributed by atoms with van der Waals surface area (Å²) in [5, 5.41) is 3.93. The number of aromatic nitrogens is 2. The van der Waals surface area contributed by atoms with Crippen LogP contribution in [0.3, 0.4) is 0 Å². The second kappa shape index (κ2) is 6.75. The number of hydrogen-bond donors (Lipinski definition) is 2. The van der Waals surface area contributed by atoms with Crippen LogP contribution in [0.4, 0.5) is 0 Å². The summed E-state index contributed by atoms with van der Waals surface area (Å²) in [5.41, 5.74) is 6.74. The van der Waals surface area contributed by atoms with E-state index in [-0.39, 0.29) is 16.9 Å². The molecular weight excluding hydrogens is 352 g/mol. The summed E-state index contributed by atoms with van der Waals surface area (Å²) in [6, 6.07) is 6.95. The van der Waals surface area contributed by atoms with Gasteiger partial charge >= 0.3 is 0 Å². The van der Waals surface area contributed by atoms with Crippen LogP contribution in [-0.2, 0) is 27.4 Å². The summed E-state index contributed by atoms with van der Waals surface area (Å²) in [5.74, 6) is 0.905. The smallest absolute Gasteiger partial charge is 0.240 e. The summed E-state index contributed by atoms with van der Waals surface area (Å²) in [7, 11) is -3.57. The topological polar surface area (TPSA) is 111 Å². The molecule has 26 heavy (non-hydrogen) atoms. The fourth-order valence-electron chi connectivity index (χ4n) is 2.85. The van der Waals surface area contributed by atoms with Crippen LogP contribution in [-0.4, -0.2) is 25.1 Å². The van der Waals surface area contributed by atoms with Crippen molar-refractivity contribution in [2.75, 3.05) is 6.54 Å². The van der Waals surface area contributed by atoms with Gasteiger partial charge in [0.1, 0.15) is 0 Å². The first kappa shape index (κ1) is 19.0. The van der Waals surface area contributed by atoms with Gasteiger partial charge in [0.15, 0.2) is 5.82 Å². The Balaban J connectivity index is 1.58. The quantitative estimate of drug-likeness (QED) is 0.797. The fourth-order valence-corrected chi connectivity index (χ4v) is 3.88. The second-order valence-electron chi connectivity index (χ2n) is 7.94. The molecular formula is C18H26N4O3S. The van der Waals surface area contributed by atoms with E-state index < -0.39 is 15.6 Å². The van der Waals surface area contributed by atoms with E-state index in [2.05, 4.69) is 35.6 Å². The van der Waals surface area contributed by atoms with E-state index in [0.29, 0.717) is 18.1 Å². The number of nitrogens with one attached hydrogen (secondary N) is 1. The molecule has 0 radical (unpaired) electrons. The van der Waals surface area contributed by atoms with Crippen molar-refractivity contribution >= 4 is 10.0 Å². The van der Waals surface area contributed by atoms with Gasteiger partial charge in [-0.2, -0.15) is 4.98 Å². The Morgan fingerprint density at radius 2 is 1.88 bits per heavy atom. The van der Waals surface area contributed by atoms with Crippen LogP contribution in [0.25, 0.3) is 0 Å². The first-order chi connectivity index (χ1) is 12.1. The molecule has 1 aliphatic carbocycles. The standard InChI is InChI=1S/C18H26N4O3S/c1-17(2,3)13-5-7-14(8-6-13)26(23,24)20-12-9-15-21-16(22-25-15)18(19)10-4-11-18/h5-8,20H,4,9-12,19H2,1-3H3. The van der Waals surface area contributed by atoms with Crippen LogP contribution < -0.4 is 10.5 Å². The average Bonchev–Trinajstić information content (AvgIpc) is 3.01. The second-order valence-corrected chi connectivity index (χ2v) is 9.71. The average molecular weight is 378 g/mol. The van der Waals surface area contributed by atoms with Crippen molar-refractivity contribution < 1.29 is 12.9 Å². The molecule has 7 nitrogen and oxygen atoms in total. The monoisotopic (exact) mass is 378 g/mol. The molecule has 2 aromatic rings. The summed E-state index contributed by atoms with van der Waals surface area (Å²) < 4.78 is 32.6. The van der Waals surface area contributed by atoms with E-state index in [4.69, 9.17) is 10.3 Å². The van der Waals surface area contributed by atoms with Crippen molar-refractivity contribution in [2.24, 2.45) is 5.73 Å². The molecule has 142 valence electrons. The van der Waals surface area contributed by atoms with Gasteiger partial charge < -0.3 is 10.3 Å². The minimum Gasteiger partial charge on any atom is -0.339 e. The Hall–Kier alpha value is -1.77. The minimum atomic E-state index is -3.57. The highest BCUT2D eigenvalue weighted by Gasteiger charge is 2.38. The lowest BCUT2D eigenvalue weighted by Crippen LogP contribution is -2.44. The molecule has 0 aliphatic heterocycles. The molecule has 8 heteroatoms. The molecule has 0 saturated heterocycles. The maximum atomic E-state index is 12.4. The lowest BCUT2D eigenvalue weighted by atomic mass is 9.77. The van der Waals surface area contributed by atoms with Crippen molar-refractivity contribution in [3.63, 3.8) is 0 Å².